The summed E-state index contributed by atoms with van der Waals surface area (Å²) in [5.41, 5.74) is 13.1. The van der Waals surface area contributed by atoms with Crippen LogP contribution in [-0.2, 0) is 0 Å². The molecule has 3 heteroatoms. The van der Waals surface area contributed by atoms with Crippen LogP contribution in [0.4, 0.5) is 17.1 Å². The quantitative estimate of drug-likeness (QED) is 0.185. The average Bonchev–Trinajstić information content (AvgIpc) is 3.71. The third-order valence-electron chi connectivity index (χ3n) is 10.6. The summed E-state index contributed by atoms with van der Waals surface area (Å²) in [7, 11) is 0. The number of anilines is 3. The fourth-order valence-electron chi connectivity index (χ4n) is 8.51. The van der Waals surface area contributed by atoms with E-state index in [-0.39, 0.29) is 0 Å². The van der Waals surface area contributed by atoms with Crippen molar-refractivity contribution in [1.82, 2.24) is 8.80 Å². The van der Waals surface area contributed by atoms with Gasteiger partial charge in [0.1, 0.15) is 0 Å². The normalized spacial score (nSPS) is 11.9. The molecule has 3 aromatic heterocycles. The summed E-state index contributed by atoms with van der Waals surface area (Å²) in [6.07, 6.45) is 0. The molecule has 11 aromatic rings. The standard InChI is InChI=1S/C48H31N3/c1-3-15-33(16-4-1)49(34-17-5-2-6-18-34)35-29-27-32(28-30-35)40-31-41-38-21-9-13-25-44(38)50-42-23-11-7-19-36(42)37-20-8-12-24-43(37)51-45-26-14-10-22-39(45)46(40)48(51)47(41)50/h1-31H. The van der Waals surface area contributed by atoms with E-state index in [1.807, 2.05) is 0 Å². The summed E-state index contributed by atoms with van der Waals surface area (Å²) in [5, 5.41) is 7.49. The first kappa shape index (κ1) is 28.0. The van der Waals surface area contributed by atoms with Crippen LogP contribution in [0, 0.1) is 0 Å². The number of para-hydroxylation sites is 6. The smallest absolute Gasteiger partial charge is 0.0795 e. The van der Waals surface area contributed by atoms with Crippen LogP contribution >= 0.6 is 0 Å². The number of fused-ring (bicyclic) bond motifs is 11. The molecular formula is C48H31N3. The molecule has 3 heterocycles. The lowest BCUT2D eigenvalue weighted by atomic mass is 9.96. The van der Waals surface area contributed by atoms with Gasteiger partial charge in [-0.2, -0.15) is 0 Å². The maximum absolute atomic E-state index is 2.53. The second kappa shape index (κ2) is 10.8. The van der Waals surface area contributed by atoms with Gasteiger partial charge in [0.05, 0.1) is 33.1 Å². The first-order valence-corrected chi connectivity index (χ1v) is 17.5. The molecule has 0 radical (unpaired) electrons. The van der Waals surface area contributed by atoms with Crippen LogP contribution in [0.5, 0.6) is 0 Å². The molecule has 8 aromatic carbocycles. The zero-order chi connectivity index (χ0) is 33.5. The van der Waals surface area contributed by atoms with E-state index in [1.54, 1.807) is 0 Å². The van der Waals surface area contributed by atoms with Crippen molar-refractivity contribution in [3.05, 3.63) is 188 Å². The molecule has 0 saturated heterocycles. The van der Waals surface area contributed by atoms with Crippen molar-refractivity contribution in [3.63, 3.8) is 0 Å². The van der Waals surface area contributed by atoms with E-state index in [2.05, 4.69) is 202 Å². The van der Waals surface area contributed by atoms with E-state index in [0.29, 0.717) is 0 Å². The average molecular weight is 650 g/mol. The van der Waals surface area contributed by atoms with E-state index in [4.69, 9.17) is 0 Å². The predicted molar refractivity (Wildman–Crippen MR) is 216 cm³/mol. The largest absolute Gasteiger partial charge is 0.311 e. The molecule has 0 atom stereocenters. The molecular weight excluding hydrogens is 619 g/mol. The Kier molecular flexibility index (Phi) is 5.96. The van der Waals surface area contributed by atoms with E-state index in [0.717, 1.165) is 17.1 Å². The Bertz CT molecular complexity index is 3080. The number of aromatic nitrogens is 2. The summed E-state index contributed by atoms with van der Waals surface area (Å²) in [6.45, 7) is 0. The van der Waals surface area contributed by atoms with Gasteiger partial charge in [-0.1, -0.05) is 121 Å². The highest BCUT2D eigenvalue weighted by Crippen LogP contribution is 2.46. The molecule has 0 spiro atoms. The lowest BCUT2D eigenvalue weighted by molar-refractivity contribution is 1.28. The topological polar surface area (TPSA) is 12.1 Å². The maximum atomic E-state index is 2.53. The van der Waals surface area contributed by atoms with Crippen molar-refractivity contribution in [2.24, 2.45) is 0 Å². The zero-order valence-corrected chi connectivity index (χ0v) is 27.7. The van der Waals surface area contributed by atoms with Gasteiger partial charge in [-0.3, -0.25) is 0 Å². The molecule has 0 aliphatic heterocycles. The number of hydrogen-bond acceptors (Lipinski definition) is 1. The molecule has 11 rings (SSSR count). The number of benzene rings is 8. The van der Waals surface area contributed by atoms with Gasteiger partial charge in [0, 0.05) is 49.4 Å². The fourth-order valence-corrected chi connectivity index (χ4v) is 8.51. The molecule has 3 nitrogen and oxygen atoms in total. The lowest BCUT2D eigenvalue weighted by Crippen LogP contribution is -2.09. The van der Waals surface area contributed by atoms with Crippen LogP contribution in [-0.4, -0.2) is 8.80 Å². The van der Waals surface area contributed by atoms with Crippen molar-refractivity contribution in [2.75, 3.05) is 4.90 Å². The second-order valence-corrected chi connectivity index (χ2v) is 13.3. The monoisotopic (exact) mass is 649 g/mol. The van der Waals surface area contributed by atoms with Crippen LogP contribution in [0.1, 0.15) is 0 Å². The molecule has 0 unspecified atom stereocenters. The highest BCUT2D eigenvalue weighted by atomic mass is 15.1. The van der Waals surface area contributed by atoms with Gasteiger partial charge in [0.25, 0.3) is 0 Å². The van der Waals surface area contributed by atoms with Gasteiger partial charge in [0.15, 0.2) is 0 Å². The summed E-state index contributed by atoms with van der Waals surface area (Å²) < 4.78 is 5.04. The second-order valence-electron chi connectivity index (χ2n) is 13.3. The van der Waals surface area contributed by atoms with Crippen molar-refractivity contribution in [3.8, 4) is 11.1 Å². The van der Waals surface area contributed by atoms with Gasteiger partial charge < -0.3 is 13.7 Å². The number of rotatable bonds is 4. The summed E-state index contributed by atoms with van der Waals surface area (Å²) in [5.74, 6) is 0. The van der Waals surface area contributed by atoms with Crippen LogP contribution in [0.15, 0.2) is 188 Å². The molecule has 0 N–H and O–H groups in total. The third-order valence-corrected chi connectivity index (χ3v) is 10.6. The first-order chi connectivity index (χ1) is 25.3. The number of nitrogens with zero attached hydrogens (tertiary/aromatic N) is 3. The van der Waals surface area contributed by atoms with Crippen LogP contribution in [0.3, 0.4) is 0 Å². The Balaban J connectivity index is 1.30. The molecule has 238 valence electrons. The summed E-state index contributed by atoms with van der Waals surface area (Å²) >= 11 is 0. The SMILES string of the molecule is c1ccc(N(c2ccccc2)c2ccc(-c3cc4c5ccccc5n5c6ccccc6c6ccccc6n6c7ccccc7c3c6c45)cc2)cc1. The first-order valence-electron chi connectivity index (χ1n) is 17.5. The Labute approximate surface area is 294 Å². The van der Waals surface area contributed by atoms with Crippen molar-refractivity contribution < 1.29 is 0 Å². The van der Waals surface area contributed by atoms with Crippen molar-refractivity contribution in [2.45, 2.75) is 0 Å². The molecule has 0 fully saturated rings. The number of hydrogen-bond donors (Lipinski definition) is 0. The van der Waals surface area contributed by atoms with Crippen LogP contribution in [0.2, 0.25) is 0 Å². The fraction of sp³-hybridized carbons (Fsp3) is 0. The van der Waals surface area contributed by atoms with Gasteiger partial charge in [-0.25, -0.2) is 0 Å². The maximum Gasteiger partial charge on any atom is 0.0795 e. The van der Waals surface area contributed by atoms with Crippen LogP contribution < -0.4 is 4.90 Å². The third kappa shape index (κ3) is 4.00. The molecule has 0 saturated carbocycles. The lowest BCUT2D eigenvalue weighted by Gasteiger charge is -2.25. The van der Waals surface area contributed by atoms with Gasteiger partial charge in [-0.05, 0) is 77.9 Å². The van der Waals surface area contributed by atoms with Crippen molar-refractivity contribution in [1.29, 1.82) is 0 Å². The Morgan fingerprint density at radius 1 is 0.314 bits per heavy atom. The van der Waals surface area contributed by atoms with E-state index in [9.17, 15) is 0 Å². The Morgan fingerprint density at radius 3 is 1.24 bits per heavy atom. The molecule has 0 aliphatic rings. The van der Waals surface area contributed by atoms with E-state index in [1.165, 1.54) is 76.5 Å². The molecule has 0 aliphatic carbocycles. The highest BCUT2D eigenvalue weighted by Gasteiger charge is 2.23. The minimum Gasteiger partial charge on any atom is -0.311 e. The van der Waals surface area contributed by atoms with E-state index >= 15 is 0 Å². The Morgan fingerprint density at radius 2 is 0.706 bits per heavy atom. The van der Waals surface area contributed by atoms with E-state index < -0.39 is 0 Å². The predicted octanol–water partition coefficient (Wildman–Crippen LogP) is 13.1. The summed E-state index contributed by atoms with van der Waals surface area (Å²) in [4.78, 5) is 2.32. The highest BCUT2D eigenvalue weighted by molar-refractivity contribution is 6.29. The van der Waals surface area contributed by atoms with Gasteiger partial charge >= 0.3 is 0 Å². The molecule has 0 bridgehead atoms. The zero-order valence-electron chi connectivity index (χ0n) is 27.7. The van der Waals surface area contributed by atoms with Gasteiger partial charge in [0.2, 0.25) is 0 Å². The molecule has 51 heavy (non-hydrogen) atoms. The minimum atomic E-state index is 1.12. The van der Waals surface area contributed by atoms with Crippen LogP contribution in [0.25, 0.3) is 76.5 Å². The summed E-state index contributed by atoms with van der Waals surface area (Å²) in [6, 6.07) is 68.4. The van der Waals surface area contributed by atoms with Crippen molar-refractivity contribution >= 4 is 82.5 Å². The molecule has 0 amide bonds. The minimum absolute atomic E-state index is 1.12. The Hall–Kier alpha value is -6.84. The van der Waals surface area contributed by atoms with Gasteiger partial charge in [-0.15, -0.1) is 0 Å².